The number of nitrogens with one attached hydrogen (secondary N) is 1. The predicted molar refractivity (Wildman–Crippen MR) is 73.3 cm³/mol. The molecule has 96 valence electrons. The van der Waals surface area contributed by atoms with E-state index in [4.69, 9.17) is 5.26 Å². The van der Waals surface area contributed by atoms with Gasteiger partial charge in [-0.3, -0.25) is 4.90 Å². The second-order valence-corrected chi connectivity index (χ2v) is 4.95. The molecule has 18 heavy (non-hydrogen) atoms. The van der Waals surface area contributed by atoms with Crippen LogP contribution in [0.2, 0.25) is 0 Å². The molecule has 0 aromatic heterocycles. The van der Waals surface area contributed by atoms with Gasteiger partial charge in [0.05, 0.1) is 12.5 Å². The number of hydrogen-bond acceptors (Lipinski definition) is 3. The smallest absolute Gasteiger partial charge is 0.0641 e. The zero-order valence-electron chi connectivity index (χ0n) is 11.2. The predicted octanol–water partition coefficient (Wildman–Crippen LogP) is 2.16. The van der Waals surface area contributed by atoms with E-state index in [-0.39, 0.29) is 6.04 Å². The highest BCUT2D eigenvalue weighted by Gasteiger charge is 2.23. The normalized spacial score (nSPS) is 18.3. The Morgan fingerprint density at radius 1 is 1.33 bits per heavy atom. The van der Waals surface area contributed by atoms with Crippen LogP contribution >= 0.6 is 0 Å². The van der Waals surface area contributed by atoms with Gasteiger partial charge in [0.1, 0.15) is 0 Å². The van der Waals surface area contributed by atoms with E-state index >= 15 is 0 Å². The van der Waals surface area contributed by atoms with Gasteiger partial charge < -0.3 is 5.32 Å². The van der Waals surface area contributed by atoms with Crippen molar-refractivity contribution in [3.63, 3.8) is 0 Å². The number of aryl methyl sites for hydroxylation is 1. The van der Waals surface area contributed by atoms with Crippen molar-refractivity contribution in [2.24, 2.45) is 0 Å². The lowest BCUT2D eigenvalue weighted by atomic mass is 9.94. The summed E-state index contributed by atoms with van der Waals surface area (Å²) in [7, 11) is 0. The number of benzene rings is 1. The van der Waals surface area contributed by atoms with Crippen LogP contribution in [0.5, 0.6) is 0 Å². The fourth-order valence-electron chi connectivity index (χ4n) is 2.65. The van der Waals surface area contributed by atoms with Crippen LogP contribution in [0.25, 0.3) is 0 Å². The van der Waals surface area contributed by atoms with E-state index in [9.17, 15) is 0 Å². The molecular formula is C15H21N3. The summed E-state index contributed by atoms with van der Waals surface area (Å²) >= 11 is 0. The topological polar surface area (TPSA) is 39.1 Å². The number of nitrogens with zero attached hydrogens (tertiary/aromatic N) is 2. The molecule has 1 aliphatic rings. The van der Waals surface area contributed by atoms with Crippen LogP contribution in [-0.4, -0.2) is 31.1 Å². The minimum atomic E-state index is 0.247. The molecule has 1 aliphatic heterocycles. The van der Waals surface area contributed by atoms with Crippen molar-refractivity contribution < 1.29 is 0 Å². The van der Waals surface area contributed by atoms with Crippen LogP contribution < -0.4 is 5.32 Å². The Balaban J connectivity index is 2.28. The molecule has 1 atom stereocenters. The molecule has 0 aliphatic carbocycles. The van der Waals surface area contributed by atoms with E-state index in [1.165, 1.54) is 16.7 Å². The quantitative estimate of drug-likeness (QED) is 0.884. The van der Waals surface area contributed by atoms with Gasteiger partial charge >= 0.3 is 0 Å². The van der Waals surface area contributed by atoms with Crippen molar-refractivity contribution in [2.75, 3.05) is 26.2 Å². The zero-order chi connectivity index (χ0) is 13.0. The van der Waals surface area contributed by atoms with Crippen LogP contribution in [0.1, 0.15) is 29.2 Å². The molecule has 1 heterocycles. The number of hydrogen-bond donors (Lipinski definition) is 1. The van der Waals surface area contributed by atoms with Gasteiger partial charge in [-0.1, -0.05) is 18.2 Å². The third kappa shape index (κ3) is 2.72. The molecule has 1 aromatic rings. The fraction of sp³-hybridized carbons (Fsp3) is 0.533. The lowest BCUT2D eigenvalue weighted by Gasteiger charge is -2.35. The summed E-state index contributed by atoms with van der Waals surface area (Å²) in [6, 6.07) is 9.01. The largest absolute Gasteiger partial charge is 0.314 e. The first kappa shape index (κ1) is 13.1. The fourth-order valence-corrected chi connectivity index (χ4v) is 2.65. The Bertz CT molecular complexity index is 442. The first-order valence-corrected chi connectivity index (χ1v) is 6.62. The van der Waals surface area contributed by atoms with Crippen LogP contribution in [0.15, 0.2) is 18.2 Å². The average Bonchev–Trinajstić information content (AvgIpc) is 2.41. The number of rotatable bonds is 3. The maximum absolute atomic E-state index is 9.10. The van der Waals surface area contributed by atoms with E-state index in [2.05, 4.69) is 48.3 Å². The molecule has 0 unspecified atom stereocenters. The van der Waals surface area contributed by atoms with Crippen LogP contribution in [0.4, 0.5) is 0 Å². The van der Waals surface area contributed by atoms with Gasteiger partial charge in [-0.05, 0) is 30.5 Å². The maximum atomic E-state index is 9.10. The van der Waals surface area contributed by atoms with E-state index in [0.29, 0.717) is 6.42 Å². The Labute approximate surface area is 109 Å². The minimum absolute atomic E-state index is 0.247. The van der Waals surface area contributed by atoms with Gasteiger partial charge in [0.25, 0.3) is 0 Å². The summed E-state index contributed by atoms with van der Waals surface area (Å²) in [6.45, 7) is 8.40. The summed E-state index contributed by atoms with van der Waals surface area (Å²) in [5.41, 5.74) is 3.96. The summed E-state index contributed by atoms with van der Waals surface area (Å²) in [5, 5.41) is 12.5. The van der Waals surface area contributed by atoms with Gasteiger partial charge in [0.2, 0.25) is 0 Å². The number of nitriles is 1. The Morgan fingerprint density at radius 2 is 2.06 bits per heavy atom. The van der Waals surface area contributed by atoms with Crippen molar-refractivity contribution >= 4 is 0 Å². The highest BCUT2D eigenvalue weighted by atomic mass is 15.2. The molecule has 0 radical (unpaired) electrons. The van der Waals surface area contributed by atoms with Gasteiger partial charge in [0, 0.05) is 32.2 Å². The molecule has 0 bridgehead atoms. The molecular weight excluding hydrogens is 222 g/mol. The molecule has 2 rings (SSSR count). The van der Waals surface area contributed by atoms with Crippen LogP contribution in [0.3, 0.4) is 0 Å². The Kier molecular flexibility index (Phi) is 4.35. The Morgan fingerprint density at radius 3 is 2.72 bits per heavy atom. The Hall–Kier alpha value is -1.37. The van der Waals surface area contributed by atoms with E-state index in [1.54, 1.807) is 0 Å². The maximum Gasteiger partial charge on any atom is 0.0641 e. The summed E-state index contributed by atoms with van der Waals surface area (Å²) < 4.78 is 0. The van der Waals surface area contributed by atoms with E-state index < -0.39 is 0 Å². The van der Waals surface area contributed by atoms with Gasteiger partial charge in [-0.2, -0.15) is 5.26 Å². The van der Waals surface area contributed by atoms with Crippen molar-refractivity contribution in [3.8, 4) is 6.07 Å². The second kappa shape index (κ2) is 5.99. The molecule has 0 amide bonds. The van der Waals surface area contributed by atoms with Gasteiger partial charge in [-0.25, -0.2) is 0 Å². The third-order valence-corrected chi connectivity index (χ3v) is 3.88. The van der Waals surface area contributed by atoms with Crippen molar-refractivity contribution in [1.29, 1.82) is 5.26 Å². The first-order chi connectivity index (χ1) is 8.74. The SMILES string of the molecule is Cc1cccc([C@@H](CC#N)N2CCNCC2)c1C. The second-order valence-electron chi connectivity index (χ2n) is 4.95. The van der Waals surface area contributed by atoms with Crippen LogP contribution in [0, 0.1) is 25.2 Å². The molecule has 0 saturated carbocycles. The third-order valence-electron chi connectivity index (χ3n) is 3.88. The van der Waals surface area contributed by atoms with Gasteiger partial charge in [-0.15, -0.1) is 0 Å². The summed E-state index contributed by atoms with van der Waals surface area (Å²) in [6.07, 6.45) is 0.574. The van der Waals surface area contributed by atoms with Gasteiger partial charge in [0.15, 0.2) is 0 Å². The number of piperazine rings is 1. The molecule has 1 N–H and O–H groups in total. The first-order valence-electron chi connectivity index (χ1n) is 6.62. The molecule has 3 heteroatoms. The molecule has 1 fully saturated rings. The van der Waals surface area contributed by atoms with Crippen molar-refractivity contribution in [3.05, 3.63) is 34.9 Å². The average molecular weight is 243 g/mol. The van der Waals surface area contributed by atoms with E-state index in [0.717, 1.165) is 26.2 Å². The van der Waals surface area contributed by atoms with Crippen LogP contribution in [-0.2, 0) is 0 Å². The minimum Gasteiger partial charge on any atom is -0.314 e. The monoisotopic (exact) mass is 243 g/mol. The summed E-state index contributed by atoms with van der Waals surface area (Å²) in [5.74, 6) is 0. The van der Waals surface area contributed by atoms with Crippen molar-refractivity contribution in [1.82, 2.24) is 10.2 Å². The standard InChI is InChI=1S/C15H21N3/c1-12-4-3-5-14(13(12)2)15(6-7-16)18-10-8-17-9-11-18/h3-5,15,17H,6,8-11H2,1-2H3/t15-/m1/s1. The molecule has 0 spiro atoms. The summed E-state index contributed by atoms with van der Waals surface area (Å²) in [4.78, 5) is 2.43. The molecule has 1 aromatic carbocycles. The molecule has 3 nitrogen and oxygen atoms in total. The van der Waals surface area contributed by atoms with E-state index in [1.807, 2.05) is 0 Å². The van der Waals surface area contributed by atoms with Crippen molar-refractivity contribution in [2.45, 2.75) is 26.3 Å². The highest BCUT2D eigenvalue weighted by molar-refractivity contribution is 5.35. The lowest BCUT2D eigenvalue weighted by Crippen LogP contribution is -2.45. The molecule has 1 saturated heterocycles. The highest BCUT2D eigenvalue weighted by Crippen LogP contribution is 2.28. The lowest BCUT2D eigenvalue weighted by molar-refractivity contribution is 0.175. The zero-order valence-corrected chi connectivity index (χ0v) is 11.2.